The SMILES string of the molecule is Cc1cc2c(cc1Nc1ccccc1)C1(OC(=O)c3ccccc31)c1c(cccc1N1CCC(C)CC1)O2. The van der Waals surface area contributed by atoms with Crippen molar-refractivity contribution in [3.05, 3.63) is 113 Å². The number of anilines is 3. The van der Waals surface area contributed by atoms with Crippen LogP contribution in [0.15, 0.2) is 84.9 Å². The molecule has 0 aliphatic carbocycles. The van der Waals surface area contributed by atoms with Gasteiger partial charge in [-0.15, -0.1) is 0 Å². The van der Waals surface area contributed by atoms with E-state index in [1.807, 2.05) is 66.7 Å². The number of carbonyl (C=O) groups excluding carboxylic acids is 1. The second kappa shape index (κ2) is 8.66. The van der Waals surface area contributed by atoms with Crippen LogP contribution in [-0.2, 0) is 10.3 Å². The van der Waals surface area contributed by atoms with Crippen molar-refractivity contribution in [2.45, 2.75) is 32.3 Å². The first-order valence-corrected chi connectivity index (χ1v) is 13.4. The van der Waals surface area contributed by atoms with Crippen LogP contribution in [0.4, 0.5) is 17.1 Å². The zero-order valence-corrected chi connectivity index (χ0v) is 21.7. The second-order valence-corrected chi connectivity index (χ2v) is 10.7. The lowest BCUT2D eigenvalue weighted by Crippen LogP contribution is -2.39. The molecular weight excluding hydrogens is 472 g/mol. The Kier molecular flexibility index (Phi) is 5.22. The molecule has 0 saturated carbocycles. The summed E-state index contributed by atoms with van der Waals surface area (Å²) in [6, 6.07) is 28.2. The second-order valence-electron chi connectivity index (χ2n) is 10.7. The number of nitrogens with zero attached hydrogens (tertiary/aromatic N) is 1. The highest BCUT2D eigenvalue weighted by Gasteiger charge is 2.55. The van der Waals surface area contributed by atoms with Crippen molar-refractivity contribution < 1.29 is 14.3 Å². The summed E-state index contributed by atoms with van der Waals surface area (Å²) in [7, 11) is 0. The van der Waals surface area contributed by atoms with Crippen molar-refractivity contribution in [3.63, 3.8) is 0 Å². The monoisotopic (exact) mass is 502 g/mol. The minimum Gasteiger partial charge on any atom is -0.456 e. The average molecular weight is 503 g/mol. The number of para-hydroxylation sites is 1. The average Bonchev–Trinajstić information content (AvgIpc) is 3.23. The molecule has 3 aliphatic heterocycles. The summed E-state index contributed by atoms with van der Waals surface area (Å²) in [5, 5.41) is 3.56. The van der Waals surface area contributed by atoms with E-state index in [-0.39, 0.29) is 5.97 Å². The Morgan fingerprint density at radius 3 is 2.45 bits per heavy atom. The summed E-state index contributed by atoms with van der Waals surface area (Å²) in [6.07, 6.45) is 2.27. The van der Waals surface area contributed by atoms with Crippen molar-refractivity contribution >= 4 is 23.0 Å². The molecule has 1 spiro atoms. The molecule has 38 heavy (non-hydrogen) atoms. The number of rotatable bonds is 3. The first-order valence-electron chi connectivity index (χ1n) is 13.4. The van der Waals surface area contributed by atoms with E-state index in [2.05, 4.69) is 42.3 Å². The maximum atomic E-state index is 13.4. The lowest BCUT2D eigenvalue weighted by Gasteiger charge is -2.41. The Balaban J connectivity index is 1.48. The van der Waals surface area contributed by atoms with Crippen molar-refractivity contribution in [1.82, 2.24) is 0 Å². The number of hydrogen-bond donors (Lipinski definition) is 1. The molecule has 3 heterocycles. The topological polar surface area (TPSA) is 50.8 Å². The number of hydrogen-bond acceptors (Lipinski definition) is 5. The summed E-state index contributed by atoms with van der Waals surface area (Å²) in [5.41, 5.74) is 6.18. The third-order valence-corrected chi connectivity index (χ3v) is 8.23. The third-order valence-electron chi connectivity index (χ3n) is 8.23. The molecule has 190 valence electrons. The molecule has 1 unspecified atom stereocenters. The zero-order chi connectivity index (χ0) is 25.9. The fourth-order valence-corrected chi connectivity index (χ4v) is 6.18. The molecule has 7 rings (SSSR count). The van der Waals surface area contributed by atoms with Gasteiger partial charge in [-0.1, -0.05) is 49.4 Å². The van der Waals surface area contributed by atoms with Gasteiger partial charge < -0.3 is 19.7 Å². The molecule has 4 aromatic rings. The van der Waals surface area contributed by atoms with Crippen molar-refractivity contribution in [2.24, 2.45) is 5.92 Å². The Morgan fingerprint density at radius 1 is 0.868 bits per heavy atom. The van der Waals surface area contributed by atoms with Gasteiger partial charge in [0.1, 0.15) is 11.5 Å². The van der Waals surface area contributed by atoms with Gasteiger partial charge in [0.25, 0.3) is 0 Å². The van der Waals surface area contributed by atoms with Crippen LogP contribution < -0.4 is 15.0 Å². The van der Waals surface area contributed by atoms with E-state index in [9.17, 15) is 4.79 Å². The summed E-state index contributed by atoms with van der Waals surface area (Å²) < 4.78 is 13.1. The van der Waals surface area contributed by atoms with Gasteiger partial charge in [0.2, 0.25) is 0 Å². The number of nitrogens with one attached hydrogen (secondary N) is 1. The number of fused-ring (bicyclic) bond motifs is 6. The van der Waals surface area contributed by atoms with E-state index in [1.165, 1.54) is 0 Å². The van der Waals surface area contributed by atoms with Crippen LogP contribution in [0, 0.1) is 12.8 Å². The molecule has 5 heteroatoms. The zero-order valence-electron chi connectivity index (χ0n) is 21.7. The first kappa shape index (κ1) is 22.9. The van der Waals surface area contributed by atoms with Crippen molar-refractivity contribution in [2.75, 3.05) is 23.3 Å². The first-order chi connectivity index (χ1) is 18.5. The minimum atomic E-state index is -1.10. The van der Waals surface area contributed by atoms with Crippen molar-refractivity contribution in [3.8, 4) is 11.5 Å². The highest BCUT2D eigenvalue weighted by Crippen LogP contribution is 2.59. The van der Waals surface area contributed by atoms with Crippen LogP contribution in [0.5, 0.6) is 11.5 Å². The Bertz CT molecular complexity index is 1560. The predicted molar refractivity (Wildman–Crippen MR) is 150 cm³/mol. The highest BCUT2D eigenvalue weighted by atomic mass is 16.6. The Labute approximate surface area is 223 Å². The summed E-state index contributed by atoms with van der Waals surface area (Å²) in [4.78, 5) is 15.9. The smallest absolute Gasteiger partial charge is 0.340 e. The fourth-order valence-electron chi connectivity index (χ4n) is 6.18. The van der Waals surface area contributed by atoms with E-state index < -0.39 is 5.60 Å². The molecule has 1 fully saturated rings. The van der Waals surface area contributed by atoms with Crippen LogP contribution in [-0.4, -0.2) is 19.1 Å². The van der Waals surface area contributed by atoms with E-state index >= 15 is 0 Å². The number of esters is 1. The van der Waals surface area contributed by atoms with Gasteiger partial charge >= 0.3 is 5.97 Å². The maximum Gasteiger partial charge on any atom is 0.340 e. The normalized spacial score (nSPS) is 19.8. The van der Waals surface area contributed by atoms with Gasteiger partial charge in [0.15, 0.2) is 5.60 Å². The summed E-state index contributed by atoms with van der Waals surface area (Å²) in [5.74, 6) is 1.85. The van der Waals surface area contributed by atoms with E-state index in [0.29, 0.717) is 17.2 Å². The molecule has 4 aromatic carbocycles. The van der Waals surface area contributed by atoms with Crippen LogP contribution >= 0.6 is 0 Å². The molecule has 3 aliphatic rings. The fraction of sp³-hybridized carbons (Fsp3) is 0.242. The molecule has 0 bridgehead atoms. The predicted octanol–water partition coefficient (Wildman–Crippen LogP) is 7.54. The number of benzene rings is 4. The molecule has 0 aromatic heterocycles. The van der Waals surface area contributed by atoms with Crippen molar-refractivity contribution in [1.29, 1.82) is 0 Å². The lowest BCUT2D eigenvalue weighted by atomic mass is 9.76. The molecule has 5 nitrogen and oxygen atoms in total. The Hall–Kier alpha value is -4.25. The van der Waals surface area contributed by atoms with Crippen LogP contribution in [0.25, 0.3) is 0 Å². The van der Waals surface area contributed by atoms with E-state index in [4.69, 9.17) is 9.47 Å². The minimum absolute atomic E-state index is 0.306. The standard InChI is InChI=1S/C33H30N2O3/c1-21-15-17-35(18-16-21)28-13-8-14-29-31(28)33(25-12-7-6-11-24(25)32(36)38-33)26-20-27(22(2)19-30(26)37-29)34-23-9-4-3-5-10-23/h3-14,19-21,34H,15-18H2,1-2H3. The number of piperidine rings is 1. The van der Waals surface area contributed by atoms with Gasteiger partial charge in [0.05, 0.1) is 11.1 Å². The van der Waals surface area contributed by atoms with E-state index in [1.54, 1.807) is 0 Å². The lowest BCUT2D eigenvalue weighted by molar-refractivity contribution is 0.0226. The summed E-state index contributed by atoms with van der Waals surface area (Å²) in [6.45, 7) is 6.31. The molecule has 1 atom stereocenters. The van der Waals surface area contributed by atoms with E-state index in [0.717, 1.165) is 71.0 Å². The van der Waals surface area contributed by atoms with Crippen LogP contribution in [0.3, 0.4) is 0 Å². The highest BCUT2D eigenvalue weighted by molar-refractivity contribution is 5.97. The maximum absolute atomic E-state index is 13.4. The Morgan fingerprint density at radius 2 is 1.63 bits per heavy atom. The van der Waals surface area contributed by atoms with Gasteiger partial charge in [-0.25, -0.2) is 4.79 Å². The quantitative estimate of drug-likeness (QED) is 0.293. The summed E-state index contributed by atoms with van der Waals surface area (Å²) >= 11 is 0. The molecule has 0 radical (unpaired) electrons. The van der Waals surface area contributed by atoms with Gasteiger partial charge in [-0.3, -0.25) is 0 Å². The third kappa shape index (κ3) is 3.42. The van der Waals surface area contributed by atoms with Crippen LogP contribution in [0.2, 0.25) is 0 Å². The van der Waals surface area contributed by atoms with Gasteiger partial charge in [-0.2, -0.15) is 0 Å². The number of ether oxygens (including phenoxy) is 2. The molecule has 1 saturated heterocycles. The molecule has 1 N–H and O–H groups in total. The largest absolute Gasteiger partial charge is 0.456 e. The molecular formula is C33H30N2O3. The van der Waals surface area contributed by atoms with Gasteiger partial charge in [-0.05, 0) is 73.7 Å². The molecule has 0 amide bonds. The number of carbonyl (C=O) groups is 1. The van der Waals surface area contributed by atoms with Crippen LogP contribution in [0.1, 0.15) is 52.4 Å². The number of aryl methyl sites for hydroxylation is 1. The van der Waals surface area contributed by atoms with Gasteiger partial charge in [0, 0.05) is 41.3 Å².